The van der Waals surface area contributed by atoms with Crippen molar-refractivity contribution in [2.75, 3.05) is 26.4 Å². The number of benzene rings is 1. The maximum absolute atomic E-state index is 12.8. The lowest BCUT2D eigenvalue weighted by molar-refractivity contribution is -0.128. The summed E-state index contributed by atoms with van der Waals surface area (Å²) < 4.78 is 17.8. The molecule has 0 aliphatic rings. The van der Waals surface area contributed by atoms with E-state index < -0.39 is 11.8 Å². The molecule has 19 heavy (non-hydrogen) atoms. The first-order valence-electron chi connectivity index (χ1n) is 5.84. The molecular weight excluding hydrogens is 251 g/mol. The molecule has 6 heteroatoms. The predicted octanol–water partition coefficient (Wildman–Crippen LogP) is 1.43. The van der Waals surface area contributed by atoms with Crippen molar-refractivity contribution in [3.05, 3.63) is 29.6 Å². The van der Waals surface area contributed by atoms with Crippen molar-refractivity contribution in [2.24, 2.45) is 0 Å². The van der Waals surface area contributed by atoms with E-state index in [1.165, 1.54) is 11.0 Å². The Morgan fingerprint density at radius 3 is 2.63 bits per heavy atom. The second-order valence-electron chi connectivity index (χ2n) is 4.26. The van der Waals surface area contributed by atoms with Gasteiger partial charge in [-0.1, -0.05) is 0 Å². The third-order valence-electron chi connectivity index (χ3n) is 2.50. The highest BCUT2D eigenvalue weighted by Gasteiger charge is 2.12. The summed E-state index contributed by atoms with van der Waals surface area (Å²) in [4.78, 5) is 24.4. The van der Waals surface area contributed by atoms with Crippen molar-refractivity contribution >= 4 is 17.6 Å². The molecule has 0 atom stereocenters. The van der Waals surface area contributed by atoms with E-state index in [0.717, 1.165) is 12.1 Å². The normalized spacial score (nSPS) is 10.1. The minimum atomic E-state index is -0.616. The van der Waals surface area contributed by atoms with Crippen LogP contribution in [0.15, 0.2) is 18.2 Å². The number of carbonyl (C=O) groups excluding carboxylic acids is 2. The van der Waals surface area contributed by atoms with Crippen LogP contribution in [0.25, 0.3) is 0 Å². The highest BCUT2D eigenvalue weighted by Crippen LogP contribution is 2.14. The van der Waals surface area contributed by atoms with Crippen LogP contribution in [0.1, 0.15) is 23.2 Å². The molecular formula is C13H17FN2O3. The Morgan fingerprint density at radius 1 is 1.37 bits per heavy atom. The summed E-state index contributed by atoms with van der Waals surface area (Å²) in [5.74, 6) is -1.15. The first-order valence-corrected chi connectivity index (χ1v) is 5.84. The molecule has 1 aromatic rings. The van der Waals surface area contributed by atoms with Crippen molar-refractivity contribution in [1.29, 1.82) is 0 Å². The van der Waals surface area contributed by atoms with Gasteiger partial charge in [0.25, 0.3) is 0 Å². The van der Waals surface area contributed by atoms with Crippen LogP contribution in [0.5, 0.6) is 0 Å². The molecule has 0 spiro atoms. The number of halogens is 1. The maximum Gasteiger partial charge on any atom is 0.340 e. The number of ether oxygens (including phenoxy) is 1. The largest absolute Gasteiger partial charge is 0.462 e. The van der Waals surface area contributed by atoms with Crippen LogP contribution >= 0.6 is 0 Å². The van der Waals surface area contributed by atoms with Crippen molar-refractivity contribution < 1.29 is 18.7 Å². The van der Waals surface area contributed by atoms with Crippen molar-refractivity contribution in [2.45, 2.75) is 12.8 Å². The fourth-order valence-electron chi connectivity index (χ4n) is 1.41. The molecule has 0 saturated carbocycles. The number of nitrogens with zero attached hydrogens (tertiary/aromatic N) is 1. The van der Waals surface area contributed by atoms with Crippen LogP contribution in [0.3, 0.4) is 0 Å². The molecule has 0 fully saturated rings. The average molecular weight is 268 g/mol. The van der Waals surface area contributed by atoms with Crippen LogP contribution in [0, 0.1) is 5.82 Å². The van der Waals surface area contributed by atoms with Crippen molar-refractivity contribution in [1.82, 2.24) is 4.90 Å². The van der Waals surface area contributed by atoms with Crippen molar-refractivity contribution in [3.8, 4) is 0 Å². The van der Waals surface area contributed by atoms with Gasteiger partial charge in [0, 0.05) is 26.2 Å². The molecule has 0 radical (unpaired) electrons. The van der Waals surface area contributed by atoms with Gasteiger partial charge < -0.3 is 15.4 Å². The summed E-state index contributed by atoms with van der Waals surface area (Å²) in [5.41, 5.74) is 5.67. The highest BCUT2D eigenvalue weighted by atomic mass is 19.1. The monoisotopic (exact) mass is 268 g/mol. The third-order valence-corrected chi connectivity index (χ3v) is 2.50. The maximum atomic E-state index is 12.8. The summed E-state index contributed by atoms with van der Waals surface area (Å²) in [5, 5.41) is 0. The van der Waals surface area contributed by atoms with Crippen molar-refractivity contribution in [3.63, 3.8) is 0 Å². The van der Waals surface area contributed by atoms with Gasteiger partial charge >= 0.3 is 5.97 Å². The number of nitrogens with two attached hydrogens (primary N) is 1. The molecule has 0 aliphatic carbocycles. The van der Waals surface area contributed by atoms with Gasteiger partial charge in [-0.3, -0.25) is 4.79 Å². The minimum absolute atomic E-state index is 0.0302. The van der Waals surface area contributed by atoms with Gasteiger partial charge in [0.1, 0.15) is 5.82 Å². The van der Waals surface area contributed by atoms with Crippen LogP contribution in [-0.4, -0.2) is 37.5 Å². The Morgan fingerprint density at radius 2 is 2.05 bits per heavy atom. The Hall–Kier alpha value is -2.11. The zero-order chi connectivity index (χ0) is 14.4. The number of carbonyl (C=O) groups is 2. The first kappa shape index (κ1) is 14.9. The second kappa shape index (κ2) is 6.72. The summed E-state index contributed by atoms with van der Waals surface area (Å²) in [6.45, 7) is 0.120. The average Bonchev–Trinajstić information content (AvgIpc) is 2.33. The standard InChI is InChI=1S/C13H17FN2O3/c1-16(2)12(17)4-3-7-19-13(18)10-6-5-9(14)8-11(10)15/h5-6,8H,3-4,7,15H2,1-2H3. The predicted molar refractivity (Wildman–Crippen MR) is 69.0 cm³/mol. The van der Waals surface area contributed by atoms with E-state index in [2.05, 4.69) is 0 Å². The molecule has 1 aromatic carbocycles. The Balaban J connectivity index is 2.41. The highest BCUT2D eigenvalue weighted by molar-refractivity contribution is 5.95. The lowest BCUT2D eigenvalue weighted by Gasteiger charge is -2.10. The van der Waals surface area contributed by atoms with Crippen LogP contribution < -0.4 is 5.73 Å². The molecule has 0 aromatic heterocycles. The lowest BCUT2D eigenvalue weighted by atomic mass is 10.2. The molecule has 0 aliphatic heterocycles. The van der Waals surface area contributed by atoms with E-state index >= 15 is 0 Å². The SMILES string of the molecule is CN(C)C(=O)CCCOC(=O)c1ccc(F)cc1N. The number of esters is 1. The topological polar surface area (TPSA) is 72.6 Å². The fraction of sp³-hybridized carbons (Fsp3) is 0.385. The Labute approximate surface area is 111 Å². The van der Waals surface area contributed by atoms with Gasteiger partial charge in [-0.25, -0.2) is 9.18 Å². The molecule has 2 N–H and O–H groups in total. The van der Waals surface area contributed by atoms with E-state index in [9.17, 15) is 14.0 Å². The van der Waals surface area contributed by atoms with Gasteiger partial charge in [0.2, 0.25) is 5.91 Å². The van der Waals surface area contributed by atoms with E-state index in [4.69, 9.17) is 10.5 Å². The molecule has 0 heterocycles. The number of anilines is 1. The number of rotatable bonds is 5. The van der Waals surface area contributed by atoms with E-state index in [0.29, 0.717) is 12.8 Å². The van der Waals surface area contributed by atoms with E-state index in [1.807, 2.05) is 0 Å². The molecule has 5 nitrogen and oxygen atoms in total. The zero-order valence-electron chi connectivity index (χ0n) is 11.0. The summed E-state index contributed by atoms with van der Waals surface area (Å²) in [6, 6.07) is 3.48. The summed E-state index contributed by atoms with van der Waals surface area (Å²) >= 11 is 0. The number of hydrogen-bond donors (Lipinski definition) is 1. The summed E-state index contributed by atoms with van der Waals surface area (Å²) in [7, 11) is 3.32. The van der Waals surface area contributed by atoms with Crippen LogP contribution in [0.2, 0.25) is 0 Å². The smallest absolute Gasteiger partial charge is 0.340 e. The molecule has 0 unspecified atom stereocenters. The van der Waals surface area contributed by atoms with Crippen LogP contribution in [0.4, 0.5) is 10.1 Å². The number of hydrogen-bond acceptors (Lipinski definition) is 4. The van der Waals surface area contributed by atoms with E-state index in [1.54, 1.807) is 14.1 Å². The zero-order valence-corrected chi connectivity index (χ0v) is 11.0. The van der Waals surface area contributed by atoms with Gasteiger partial charge in [0.15, 0.2) is 0 Å². The Kier molecular flexibility index (Phi) is 5.29. The van der Waals surface area contributed by atoms with Gasteiger partial charge in [0.05, 0.1) is 12.2 Å². The van der Waals surface area contributed by atoms with Crippen LogP contribution in [-0.2, 0) is 9.53 Å². The second-order valence-corrected chi connectivity index (χ2v) is 4.26. The number of nitrogen functional groups attached to an aromatic ring is 1. The molecule has 1 amide bonds. The van der Waals surface area contributed by atoms with Gasteiger partial charge in [-0.2, -0.15) is 0 Å². The van der Waals surface area contributed by atoms with E-state index in [-0.39, 0.29) is 23.8 Å². The molecule has 1 rings (SSSR count). The third kappa shape index (κ3) is 4.57. The molecule has 0 saturated heterocycles. The molecule has 104 valence electrons. The van der Waals surface area contributed by atoms with Gasteiger partial charge in [-0.05, 0) is 24.6 Å². The Bertz CT molecular complexity index is 475. The lowest BCUT2D eigenvalue weighted by Crippen LogP contribution is -2.21. The summed E-state index contributed by atoms with van der Waals surface area (Å²) in [6.07, 6.45) is 0.739. The fourth-order valence-corrected chi connectivity index (χ4v) is 1.41. The minimum Gasteiger partial charge on any atom is -0.462 e. The number of amides is 1. The first-order chi connectivity index (χ1) is 8.91. The van der Waals surface area contributed by atoms with Gasteiger partial charge in [-0.15, -0.1) is 0 Å². The quantitative estimate of drug-likeness (QED) is 0.498. The molecule has 0 bridgehead atoms.